The summed E-state index contributed by atoms with van der Waals surface area (Å²) in [4.78, 5) is 53.0. The van der Waals surface area contributed by atoms with Crippen LogP contribution in [0.25, 0.3) is 6.08 Å². The summed E-state index contributed by atoms with van der Waals surface area (Å²) < 4.78 is 5.75. The zero-order chi connectivity index (χ0) is 34.6. The van der Waals surface area contributed by atoms with Crippen LogP contribution in [0.1, 0.15) is 50.9 Å². The fourth-order valence-electron chi connectivity index (χ4n) is 4.86. The Morgan fingerprint density at radius 2 is 1.39 bits per heavy atom. The van der Waals surface area contributed by atoms with E-state index in [1.807, 2.05) is 61.5 Å². The molecular weight excluding hydrogens is 635 g/mol. The smallest absolute Gasteiger partial charge is 0.272 e. The number of ketones is 1. The van der Waals surface area contributed by atoms with Crippen LogP contribution < -0.4 is 20.7 Å². The molecule has 0 bridgehead atoms. The van der Waals surface area contributed by atoms with Crippen LogP contribution in [0, 0.1) is 0 Å². The summed E-state index contributed by atoms with van der Waals surface area (Å²) in [5.41, 5.74) is 3.44. The van der Waals surface area contributed by atoms with Gasteiger partial charge in [-0.2, -0.15) is 0 Å². The molecule has 0 aliphatic heterocycles. The number of benzene rings is 5. The molecule has 9 heteroatoms. The van der Waals surface area contributed by atoms with Gasteiger partial charge < -0.3 is 20.7 Å². The molecule has 8 nitrogen and oxygen atoms in total. The fourth-order valence-corrected chi connectivity index (χ4v) is 5.95. The number of Topliss-reactive ketones (excluding diaryl/α,β-unsaturated/α-hetero) is 1. The average molecular weight is 670 g/mol. The molecule has 0 aromatic heterocycles. The Labute approximate surface area is 289 Å². The van der Waals surface area contributed by atoms with Crippen LogP contribution in [-0.2, 0) is 9.59 Å². The van der Waals surface area contributed by atoms with E-state index in [1.165, 1.54) is 18.7 Å². The Kier molecular flexibility index (Phi) is 11.8. The first-order valence-electron chi connectivity index (χ1n) is 15.7. The molecule has 5 rings (SSSR count). The maximum atomic E-state index is 13.8. The zero-order valence-corrected chi connectivity index (χ0v) is 27.8. The van der Waals surface area contributed by atoms with Gasteiger partial charge in [0.1, 0.15) is 16.7 Å². The van der Waals surface area contributed by atoms with Gasteiger partial charge in [-0.25, -0.2) is 0 Å². The van der Waals surface area contributed by atoms with Crippen molar-refractivity contribution in [3.05, 3.63) is 161 Å². The van der Waals surface area contributed by atoms with E-state index in [0.29, 0.717) is 40.4 Å². The molecular formula is C40H35N3O5S. The van der Waals surface area contributed by atoms with E-state index >= 15 is 0 Å². The minimum absolute atomic E-state index is 0.0244. The molecule has 0 saturated carbocycles. The van der Waals surface area contributed by atoms with Gasteiger partial charge in [0.15, 0.2) is 5.78 Å². The first-order valence-corrected chi connectivity index (χ1v) is 16.5. The van der Waals surface area contributed by atoms with Crippen molar-refractivity contribution in [3.8, 4) is 5.75 Å². The van der Waals surface area contributed by atoms with E-state index in [9.17, 15) is 19.2 Å². The molecule has 246 valence electrons. The lowest BCUT2D eigenvalue weighted by Crippen LogP contribution is -2.30. The highest BCUT2D eigenvalue weighted by Gasteiger charge is 2.23. The van der Waals surface area contributed by atoms with Gasteiger partial charge in [0.2, 0.25) is 5.91 Å². The number of anilines is 2. The molecule has 0 radical (unpaired) electrons. The highest BCUT2D eigenvalue weighted by molar-refractivity contribution is 8.00. The van der Waals surface area contributed by atoms with Gasteiger partial charge in [0.05, 0.1) is 6.61 Å². The van der Waals surface area contributed by atoms with Crippen molar-refractivity contribution in [2.45, 2.75) is 24.0 Å². The van der Waals surface area contributed by atoms with Gasteiger partial charge in [-0.3, -0.25) is 19.2 Å². The maximum Gasteiger partial charge on any atom is 0.272 e. The maximum absolute atomic E-state index is 13.8. The van der Waals surface area contributed by atoms with E-state index in [4.69, 9.17) is 4.74 Å². The molecule has 0 spiro atoms. The second kappa shape index (κ2) is 16.8. The molecule has 0 aliphatic rings. The standard InChI is InChI=1S/C40H35N3O5S/c1-3-48-36-20-11-10-17-31(36)25-35(43-38(45)30-15-8-5-9-16-30)39(46)42-33-18-12-19-34(26-33)49-37(29-13-6-4-7-14-29)40(47)41-32-23-21-28(22-24-32)27(2)44/h4-26,37H,3H2,1-2H3,(H,41,47)(H,42,46)(H,43,45)/b35-25+. The molecule has 0 saturated heterocycles. The SMILES string of the molecule is CCOc1ccccc1/C=C(/NC(=O)c1ccccc1)C(=O)Nc1cccc(SC(C(=O)Nc2ccc(C(C)=O)cc2)c2ccccc2)c1. The first-order chi connectivity index (χ1) is 23.8. The molecule has 0 aliphatic carbocycles. The summed E-state index contributed by atoms with van der Waals surface area (Å²) >= 11 is 1.33. The third-order valence-electron chi connectivity index (χ3n) is 7.29. The number of carbonyl (C=O) groups excluding carboxylic acids is 4. The number of amides is 3. The van der Waals surface area contributed by atoms with Crippen LogP contribution in [0.5, 0.6) is 5.75 Å². The number of hydrogen-bond donors (Lipinski definition) is 3. The topological polar surface area (TPSA) is 114 Å². The minimum atomic E-state index is -0.629. The van der Waals surface area contributed by atoms with Gasteiger partial charge in [-0.1, -0.05) is 72.8 Å². The van der Waals surface area contributed by atoms with Crippen molar-refractivity contribution in [2.24, 2.45) is 0 Å². The largest absolute Gasteiger partial charge is 0.493 e. The zero-order valence-electron chi connectivity index (χ0n) is 27.0. The van der Waals surface area contributed by atoms with Crippen molar-refractivity contribution in [2.75, 3.05) is 17.2 Å². The number of rotatable bonds is 13. The number of carbonyl (C=O) groups is 4. The monoisotopic (exact) mass is 669 g/mol. The van der Waals surface area contributed by atoms with Crippen LogP contribution >= 0.6 is 11.8 Å². The predicted octanol–water partition coefficient (Wildman–Crippen LogP) is 8.17. The van der Waals surface area contributed by atoms with Gasteiger partial charge >= 0.3 is 0 Å². The van der Waals surface area contributed by atoms with Crippen LogP contribution in [0.3, 0.4) is 0 Å². The number of nitrogens with one attached hydrogen (secondary N) is 3. The van der Waals surface area contributed by atoms with Crippen molar-refractivity contribution in [1.29, 1.82) is 0 Å². The van der Waals surface area contributed by atoms with Crippen LogP contribution in [0.2, 0.25) is 0 Å². The van der Waals surface area contributed by atoms with Crippen molar-refractivity contribution in [3.63, 3.8) is 0 Å². The predicted molar refractivity (Wildman–Crippen MR) is 195 cm³/mol. The van der Waals surface area contributed by atoms with Gasteiger partial charge in [-0.05, 0) is 86.2 Å². The number of hydrogen-bond acceptors (Lipinski definition) is 6. The third-order valence-corrected chi connectivity index (χ3v) is 8.54. The summed E-state index contributed by atoms with van der Waals surface area (Å²) in [7, 11) is 0. The van der Waals surface area contributed by atoms with Crippen molar-refractivity contribution >= 4 is 52.7 Å². The summed E-state index contributed by atoms with van der Waals surface area (Å²) in [5, 5.41) is 8.00. The Morgan fingerprint density at radius 3 is 2.08 bits per heavy atom. The van der Waals surface area contributed by atoms with E-state index in [1.54, 1.807) is 84.9 Å². The number of thioether (sulfide) groups is 1. The van der Waals surface area contributed by atoms with E-state index < -0.39 is 17.1 Å². The third kappa shape index (κ3) is 9.56. The Hall–Kier alpha value is -5.93. The first kappa shape index (κ1) is 34.4. The summed E-state index contributed by atoms with van der Waals surface area (Å²) in [6.07, 6.45) is 1.58. The molecule has 0 fully saturated rings. The molecule has 0 heterocycles. The molecule has 1 atom stereocenters. The molecule has 49 heavy (non-hydrogen) atoms. The highest BCUT2D eigenvalue weighted by atomic mass is 32.2. The molecule has 1 unspecified atom stereocenters. The number of ether oxygens (including phenoxy) is 1. The lowest BCUT2D eigenvalue weighted by Gasteiger charge is -2.18. The Bertz CT molecular complexity index is 1960. The highest BCUT2D eigenvalue weighted by Crippen LogP contribution is 2.37. The minimum Gasteiger partial charge on any atom is -0.493 e. The second-order valence-electron chi connectivity index (χ2n) is 10.9. The van der Waals surface area contributed by atoms with Crippen molar-refractivity contribution < 1.29 is 23.9 Å². The van der Waals surface area contributed by atoms with E-state index in [-0.39, 0.29) is 17.4 Å². The fraction of sp³-hybridized carbons (Fsp3) is 0.100. The van der Waals surface area contributed by atoms with Gasteiger partial charge in [0, 0.05) is 33.0 Å². The van der Waals surface area contributed by atoms with Crippen LogP contribution in [0.4, 0.5) is 11.4 Å². The molecule has 5 aromatic carbocycles. The lowest BCUT2D eigenvalue weighted by molar-refractivity contribution is -0.116. The molecule has 5 aromatic rings. The van der Waals surface area contributed by atoms with Gasteiger partial charge in [0.25, 0.3) is 11.8 Å². The summed E-state index contributed by atoms with van der Waals surface area (Å²) in [6, 6.07) is 39.2. The summed E-state index contributed by atoms with van der Waals surface area (Å²) in [6.45, 7) is 3.79. The van der Waals surface area contributed by atoms with Crippen LogP contribution in [0.15, 0.2) is 144 Å². The van der Waals surface area contributed by atoms with Crippen LogP contribution in [-0.4, -0.2) is 30.1 Å². The average Bonchev–Trinajstić information content (AvgIpc) is 3.12. The number of para-hydroxylation sites is 1. The Morgan fingerprint density at radius 1 is 0.714 bits per heavy atom. The lowest BCUT2D eigenvalue weighted by atomic mass is 10.1. The Balaban J connectivity index is 1.39. The molecule has 3 N–H and O–H groups in total. The second-order valence-corrected chi connectivity index (χ2v) is 12.0. The molecule has 3 amide bonds. The van der Waals surface area contributed by atoms with Gasteiger partial charge in [-0.15, -0.1) is 11.8 Å². The normalized spacial score (nSPS) is 11.6. The summed E-state index contributed by atoms with van der Waals surface area (Å²) in [5.74, 6) is -0.707. The quantitative estimate of drug-likeness (QED) is 0.0662. The van der Waals surface area contributed by atoms with E-state index in [0.717, 1.165) is 10.5 Å². The van der Waals surface area contributed by atoms with E-state index in [2.05, 4.69) is 16.0 Å². The van der Waals surface area contributed by atoms with Crippen molar-refractivity contribution in [1.82, 2.24) is 5.32 Å².